The standard InChI is InChI=1S/C14H17IN4O2S/c15-13-14(16)17-9-12(18-13)10-4-3-5-11(8-10)22(20,21)19-6-1-2-7-19/h3-5,8-9,12,18H,1-2,6-7,16H2. The molecule has 1 saturated heterocycles. The van der Waals surface area contributed by atoms with Gasteiger partial charge in [-0.25, -0.2) is 13.4 Å². The fourth-order valence-electron chi connectivity index (χ4n) is 2.57. The Morgan fingerprint density at radius 2 is 2.05 bits per heavy atom. The number of nitrogens with zero attached hydrogens (tertiary/aromatic N) is 2. The van der Waals surface area contributed by atoms with E-state index in [4.69, 9.17) is 5.73 Å². The van der Waals surface area contributed by atoms with Gasteiger partial charge in [0, 0.05) is 19.3 Å². The van der Waals surface area contributed by atoms with Crippen LogP contribution in [0.3, 0.4) is 0 Å². The molecule has 3 N–H and O–H groups in total. The van der Waals surface area contributed by atoms with Gasteiger partial charge in [-0.1, -0.05) is 12.1 Å². The molecule has 2 aliphatic heterocycles. The number of halogens is 1. The molecule has 1 unspecified atom stereocenters. The van der Waals surface area contributed by atoms with Crippen molar-refractivity contribution in [1.29, 1.82) is 0 Å². The van der Waals surface area contributed by atoms with Crippen molar-refractivity contribution in [2.24, 2.45) is 10.7 Å². The molecule has 1 fully saturated rings. The Balaban J connectivity index is 1.89. The quantitative estimate of drug-likeness (QED) is 0.563. The Bertz CT molecular complexity index is 739. The van der Waals surface area contributed by atoms with Crippen molar-refractivity contribution in [2.45, 2.75) is 23.8 Å². The normalized spacial score (nSPS) is 22.9. The van der Waals surface area contributed by atoms with Gasteiger partial charge in [0.1, 0.15) is 3.70 Å². The summed E-state index contributed by atoms with van der Waals surface area (Å²) in [6.07, 6.45) is 3.55. The number of hydrogen-bond donors (Lipinski definition) is 2. The van der Waals surface area contributed by atoms with Crippen molar-refractivity contribution in [3.05, 3.63) is 39.4 Å². The highest BCUT2D eigenvalue weighted by atomic mass is 127. The van der Waals surface area contributed by atoms with Crippen LogP contribution in [0.25, 0.3) is 0 Å². The molecule has 0 radical (unpaired) electrons. The van der Waals surface area contributed by atoms with Crippen LogP contribution in [0, 0.1) is 0 Å². The third-order valence-corrected chi connectivity index (χ3v) is 6.55. The predicted molar refractivity (Wildman–Crippen MR) is 94.0 cm³/mol. The van der Waals surface area contributed by atoms with Crippen molar-refractivity contribution < 1.29 is 8.42 Å². The molecular weight excluding hydrogens is 415 g/mol. The average molecular weight is 432 g/mol. The van der Waals surface area contributed by atoms with Gasteiger partial charge in [-0.2, -0.15) is 4.31 Å². The Kier molecular flexibility index (Phi) is 4.42. The molecule has 118 valence electrons. The molecule has 1 aromatic rings. The van der Waals surface area contributed by atoms with Crippen LogP contribution in [-0.2, 0) is 10.0 Å². The first-order valence-electron chi connectivity index (χ1n) is 7.04. The third-order valence-electron chi connectivity index (χ3n) is 3.79. The molecule has 1 aromatic carbocycles. The van der Waals surface area contributed by atoms with E-state index in [1.54, 1.807) is 28.7 Å². The zero-order valence-corrected chi connectivity index (χ0v) is 14.8. The largest absolute Gasteiger partial charge is 0.382 e. The Hall–Kier alpha value is -1.13. The second-order valence-electron chi connectivity index (χ2n) is 5.28. The van der Waals surface area contributed by atoms with Crippen LogP contribution in [0.15, 0.2) is 43.7 Å². The van der Waals surface area contributed by atoms with E-state index in [-0.39, 0.29) is 6.04 Å². The molecule has 3 rings (SSSR count). The van der Waals surface area contributed by atoms with Crippen LogP contribution in [0.5, 0.6) is 0 Å². The lowest BCUT2D eigenvalue weighted by Crippen LogP contribution is -2.29. The summed E-state index contributed by atoms with van der Waals surface area (Å²) in [6.45, 7) is 1.21. The summed E-state index contributed by atoms with van der Waals surface area (Å²) in [7, 11) is -3.40. The number of sulfonamides is 1. The molecular formula is C14H17IN4O2S. The second kappa shape index (κ2) is 6.17. The summed E-state index contributed by atoms with van der Waals surface area (Å²) < 4.78 is 27.6. The van der Waals surface area contributed by atoms with Gasteiger partial charge in [0.15, 0.2) is 5.82 Å². The predicted octanol–water partition coefficient (Wildman–Crippen LogP) is 1.71. The first kappa shape index (κ1) is 15.8. The summed E-state index contributed by atoms with van der Waals surface area (Å²) in [5.74, 6) is 0.442. The van der Waals surface area contributed by atoms with Crippen molar-refractivity contribution in [3.63, 3.8) is 0 Å². The van der Waals surface area contributed by atoms with E-state index < -0.39 is 10.0 Å². The first-order valence-corrected chi connectivity index (χ1v) is 9.56. The van der Waals surface area contributed by atoms with E-state index in [0.717, 1.165) is 22.1 Å². The molecule has 0 saturated carbocycles. The molecule has 8 heteroatoms. The Morgan fingerprint density at radius 1 is 1.32 bits per heavy atom. The topological polar surface area (TPSA) is 87.8 Å². The molecule has 0 spiro atoms. The van der Waals surface area contributed by atoms with Crippen molar-refractivity contribution in [1.82, 2.24) is 9.62 Å². The van der Waals surface area contributed by atoms with Crippen LogP contribution in [-0.4, -0.2) is 32.0 Å². The molecule has 0 aromatic heterocycles. The summed E-state index contributed by atoms with van der Waals surface area (Å²) in [4.78, 5) is 4.47. The van der Waals surface area contributed by atoms with Crippen LogP contribution in [0.1, 0.15) is 24.4 Å². The fourth-order valence-corrected chi connectivity index (χ4v) is 4.62. The third kappa shape index (κ3) is 2.99. The monoisotopic (exact) mass is 432 g/mol. The number of hydrogen-bond acceptors (Lipinski definition) is 5. The minimum Gasteiger partial charge on any atom is -0.382 e. The molecule has 0 bridgehead atoms. The van der Waals surface area contributed by atoms with Crippen molar-refractivity contribution in [3.8, 4) is 0 Å². The van der Waals surface area contributed by atoms with Gasteiger partial charge < -0.3 is 11.1 Å². The maximum absolute atomic E-state index is 12.6. The van der Waals surface area contributed by atoms with Crippen LogP contribution >= 0.6 is 22.6 Å². The van der Waals surface area contributed by atoms with Gasteiger partial charge in [0.05, 0.1) is 10.9 Å². The molecule has 6 nitrogen and oxygen atoms in total. The number of nitrogens with one attached hydrogen (secondary N) is 1. The maximum Gasteiger partial charge on any atom is 0.243 e. The molecule has 0 amide bonds. The Labute approximate surface area is 143 Å². The van der Waals surface area contributed by atoms with E-state index >= 15 is 0 Å². The first-order chi connectivity index (χ1) is 10.5. The van der Waals surface area contributed by atoms with Gasteiger partial charge in [-0.15, -0.1) is 0 Å². The molecule has 0 aliphatic carbocycles. The lowest BCUT2D eigenvalue weighted by molar-refractivity contribution is 0.477. The lowest BCUT2D eigenvalue weighted by atomic mass is 10.1. The highest BCUT2D eigenvalue weighted by molar-refractivity contribution is 14.1. The second-order valence-corrected chi connectivity index (χ2v) is 8.30. The molecule has 1 atom stereocenters. The number of rotatable bonds is 3. The minimum absolute atomic E-state index is 0.173. The van der Waals surface area contributed by atoms with Crippen molar-refractivity contribution in [2.75, 3.05) is 13.1 Å². The van der Waals surface area contributed by atoms with E-state index in [1.807, 2.05) is 6.07 Å². The van der Waals surface area contributed by atoms with Gasteiger partial charge >= 0.3 is 0 Å². The van der Waals surface area contributed by atoms with Crippen LogP contribution < -0.4 is 11.1 Å². The average Bonchev–Trinajstić information content (AvgIpc) is 3.05. The van der Waals surface area contributed by atoms with Crippen molar-refractivity contribution >= 4 is 38.8 Å². The summed E-state index contributed by atoms with van der Waals surface area (Å²) in [5.41, 5.74) is 6.56. The SMILES string of the molecule is NC1=C(I)NC(c2cccc(S(=O)(=O)N3CCCC3)c2)C=N1. The van der Waals surface area contributed by atoms with E-state index in [0.29, 0.717) is 23.8 Å². The smallest absolute Gasteiger partial charge is 0.243 e. The van der Waals surface area contributed by atoms with E-state index in [1.165, 1.54) is 0 Å². The zero-order chi connectivity index (χ0) is 15.7. The maximum atomic E-state index is 12.6. The molecule has 22 heavy (non-hydrogen) atoms. The van der Waals surface area contributed by atoms with Crippen LogP contribution in [0.2, 0.25) is 0 Å². The number of aliphatic imine (C=N–C) groups is 1. The fraction of sp³-hybridized carbons (Fsp3) is 0.357. The van der Waals surface area contributed by atoms with Gasteiger partial charge in [-0.3, -0.25) is 0 Å². The zero-order valence-electron chi connectivity index (χ0n) is 11.9. The van der Waals surface area contributed by atoms with Gasteiger partial charge in [-0.05, 0) is 53.1 Å². The number of nitrogens with two attached hydrogens (primary N) is 1. The summed E-state index contributed by atoms with van der Waals surface area (Å²) in [6, 6.07) is 6.84. The van der Waals surface area contributed by atoms with Gasteiger partial charge in [0.2, 0.25) is 10.0 Å². The summed E-state index contributed by atoms with van der Waals surface area (Å²) in [5, 5.41) is 3.21. The Morgan fingerprint density at radius 3 is 2.73 bits per heavy atom. The van der Waals surface area contributed by atoms with Gasteiger partial charge in [0.25, 0.3) is 0 Å². The van der Waals surface area contributed by atoms with E-state index in [2.05, 4.69) is 32.9 Å². The molecule has 2 aliphatic rings. The summed E-state index contributed by atoms with van der Waals surface area (Å²) >= 11 is 2.08. The minimum atomic E-state index is -3.40. The lowest BCUT2D eigenvalue weighted by Gasteiger charge is -2.21. The van der Waals surface area contributed by atoms with E-state index in [9.17, 15) is 8.42 Å². The number of benzene rings is 1. The highest BCUT2D eigenvalue weighted by Crippen LogP contribution is 2.25. The molecule has 2 heterocycles. The highest BCUT2D eigenvalue weighted by Gasteiger charge is 2.27. The van der Waals surface area contributed by atoms with Crippen LogP contribution in [0.4, 0.5) is 0 Å².